The number of hydrogen-bond donors (Lipinski definition) is 1. The Morgan fingerprint density at radius 1 is 1.24 bits per heavy atom. The molecule has 0 saturated heterocycles. The molecule has 0 atom stereocenters. The van der Waals surface area contributed by atoms with Gasteiger partial charge in [0.15, 0.2) is 5.82 Å². The molecule has 0 aliphatic carbocycles. The Morgan fingerprint density at radius 2 is 2.06 bits per heavy atom. The van der Waals surface area contributed by atoms with Crippen LogP contribution in [0.5, 0.6) is 0 Å². The first-order valence-electron chi connectivity index (χ1n) is 5.78. The van der Waals surface area contributed by atoms with Gasteiger partial charge in [0.05, 0.1) is 12.2 Å². The molecule has 1 heterocycles. The summed E-state index contributed by atoms with van der Waals surface area (Å²) >= 11 is 0. The SMILES string of the molecule is CCNCc1nnnn1-c1ccc(C)c(C)c1. The Hall–Kier alpha value is -1.75. The second-order valence-corrected chi connectivity index (χ2v) is 4.06. The first-order chi connectivity index (χ1) is 8.22. The lowest BCUT2D eigenvalue weighted by atomic mass is 10.1. The molecule has 0 aliphatic heterocycles. The summed E-state index contributed by atoms with van der Waals surface area (Å²) < 4.78 is 1.77. The van der Waals surface area contributed by atoms with Crippen LogP contribution in [0.4, 0.5) is 0 Å². The maximum Gasteiger partial charge on any atom is 0.170 e. The van der Waals surface area contributed by atoms with Crippen molar-refractivity contribution in [2.24, 2.45) is 0 Å². The Balaban J connectivity index is 2.32. The van der Waals surface area contributed by atoms with E-state index < -0.39 is 0 Å². The van der Waals surface area contributed by atoms with Gasteiger partial charge in [-0.1, -0.05) is 13.0 Å². The minimum Gasteiger partial charge on any atom is -0.310 e. The quantitative estimate of drug-likeness (QED) is 0.864. The van der Waals surface area contributed by atoms with Crippen molar-refractivity contribution < 1.29 is 0 Å². The van der Waals surface area contributed by atoms with E-state index in [4.69, 9.17) is 0 Å². The molecule has 2 rings (SSSR count). The van der Waals surface area contributed by atoms with Crippen LogP contribution in [0.2, 0.25) is 0 Å². The highest BCUT2D eigenvalue weighted by Gasteiger charge is 2.07. The molecule has 2 aromatic rings. The number of aromatic nitrogens is 4. The molecule has 1 aromatic heterocycles. The molecule has 0 bridgehead atoms. The minimum atomic E-state index is 0.677. The third kappa shape index (κ3) is 2.50. The molecule has 0 aliphatic rings. The van der Waals surface area contributed by atoms with Gasteiger partial charge in [-0.15, -0.1) is 5.10 Å². The van der Waals surface area contributed by atoms with Gasteiger partial charge in [0.2, 0.25) is 0 Å². The van der Waals surface area contributed by atoms with E-state index in [2.05, 4.69) is 53.7 Å². The maximum atomic E-state index is 4.03. The molecule has 0 saturated carbocycles. The zero-order valence-corrected chi connectivity index (χ0v) is 10.4. The molecule has 0 amide bonds. The summed E-state index contributed by atoms with van der Waals surface area (Å²) in [5, 5.41) is 15.0. The number of nitrogens with one attached hydrogen (secondary N) is 1. The average molecular weight is 231 g/mol. The Labute approximate surface area is 101 Å². The molecular weight excluding hydrogens is 214 g/mol. The van der Waals surface area contributed by atoms with Crippen molar-refractivity contribution in [3.8, 4) is 5.69 Å². The number of aryl methyl sites for hydroxylation is 2. The van der Waals surface area contributed by atoms with Crippen LogP contribution in [0, 0.1) is 13.8 Å². The molecule has 1 aromatic carbocycles. The zero-order chi connectivity index (χ0) is 12.3. The third-order valence-corrected chi connectivity index (χ3v) is 2.80. The Morgan fingerprint density at radius 3 is 2.76 bits per heavy atom. The van der Waals surface area contributed by atoms with E-state index in [1.54, 1.807) is 4.68 Å². The van der Waals surface area contributed by atoms with E-state index in [-0.39, 0.29) is 0 Å². The lowest BCUT2D eigenvalue weighted by Crippen LogP contribution is -2.16. The van der Waals surface area contributed by atoms with Gasteiger partial charge >= 0.3 is 0 Å². The van der Waals surface area contributed by atoms with Gasteiger partial charge in [-0.3, -0.25) is 0 Å². The molecule has 0 fully saturated rings. The first kappa shape index (κ1) is 11.7. The smallest absolute Gasteiger partial charge is 0.170 e. The number of hydrogen-bond acceptors (Lipinski definition) is 4. The van der Waals surface area contributed by atoms with E-state index in [1.807, 2.05) is 6.07 Å². The molecular formula is C12H17N5. The van der Waals surface area contributed by atoms with Gasteiger partial charge < -0.3 is 5.32 Å². The van der Waals surface area contributed by atoms with E-state index >= 15 is 0 Å². The lowest BCUT2D eigenvalue weighted by molar-refractivity contribution is 0.663. The zero-order valence-electron chi connectivity index (χ0n) is 10.4. The topological polar surface area (TPSA) is 55.6 Å². The fourth-order valence-electron chi connectivity index (χ4n) is 1.61. The Kier molecular flexibility index (Phi) is 3.49. The van der Waals surface area contributed by atoms with Crippen LogP contribution in [0.3, 0.4) is 0 Å². The third-order valence-electron chi connectivity index (χ3n) is 2.80. The minimum absolute atomic E-state index is 0.677. The molecule has 0 spiro atoms. The van der Waals surface area contributed by atoms with Gasteiger partial charge in [-0.2, -0.15) is 4.68 Å². The first-order valence-corrected chi connectivity index (χ1v) is 5.78. The highest BCUT2D eigenvalue weighted by atomic mass is 15.5. The average Bonchev–Trinajstić information content (AvgIpc) is 2.78. The van der Waals surface area contributed by atoms with Gasteiger partial charge in [-0.25, -0.2) is 0 Å². The number of rotatable bonds is 4. The summed E-state index contributed by atoms with van der Waals surface area (Å²) in [6, 6.07) is 6.22. The van der Waals surface area contributed by atoms with Crippen molar-refractivity contribution in [3.63, 3.8) is 0 Å². The summed E-state index contributed by atoms with van der Waals surface area (Å²) in [6.07, 6.45) is 0. The number of nitrogens with zero attached hydrogens (tertiary/aromatic N) is 4. The highest BCUT2D eigenvalue weighted by Crippen LogP contribution is 2.13. The molecule has 90 valence electrons. The van der Waals surface area contributed by atoms with Crippen LogP contribution in [0.15, 0.2) is 18.2 Å². The molecule has 5 heteroatoms. The van der Waals surface area contributed by atoms with Gasteiger partial charge in [0.25, 0.3) is 0 Å². The van der Waals surface area contributed by atoms with Crippen LogP contribution < -0.4 is 5.32 Å². The van der Waals surface area contributed by atoms with Crippen molar-refractivity contribution in [3.05, 3.63) is 35.2 Å². The summed E-state index contributed by atoms with van der Waals surface area (Å²) in [6.45, 7) is 7.83. The predicted octanol–water partition coefficient (Wildman–Crippen LogP) is 1.39. The fourth-order valence-corrected chi connectivity index (χ4v) is 1.61. The number of benzene rings is 1. The number of tetrazole rings is 1. The van der Waals surface area contributed by atoms with Crippen LogP contribution in [-0.2, 0) is 6.54 Å². The standard InChI is InChI=1S/C12H17N5/c1-4-13-8-12-14-15-16-17(12)11-6-5-9(2)10(3)7-11/h5-7,13H,4,8H2,1-3H3. The monoisotopic (exact) mass is 231 g/mol. The Bertz CT molecular complexity index is 503. The largest absolute Gasteiger partial charge is 0.310 e. The molecule has 17 heavy (non-hydrogen) atoms. The van der Waals surface area contributed by atoms with Crippen LogP contribution in [0.25, 0.3) is 5.69 Å². The predicted molar refractivity (Wildman–Crippen MR) is 66.0 cm³/mol. The second-order valence-electron chi connectivity index (χ2n) is 4.06. The molecule has 1 N–H and O–H groups in total. The van der Waals surface area contributed by atoms with Gasteiger partial charge in [-0.05, 0) is 54.1 Å². The van der Waals surface area contributed by atoms with E-state index in [0.717, 1.165) is 18.1 Å². The summed E-state index contributed by atoms with van der Waals surface area (Å²) in [5.41, 5.74) is 3.52. The molecule has 0 unspecified atom stereocenters. The van der Waals surface area contributed by atoms with Crippen LogP contribution >= 0.6 is 0 Å². The van der Waals surface area contributed by atoms with Crippen molar-refractivity contribution in [2.45, 2.75) is 27.3 Å². The molecule has 5 nitrogen and oxygen atoms in total. The van der Waals surface area contributed by atoms with Gasteiger partial charge in [0, 0.05) is 0 Å². The fraction of sp³-hybridized carbons (Fsp3) is 0.417. The maximum absolute atomic E-state index is 4.03. The van der Waals surface area contributed by atoms with E-state index in [9.17, 15) is 0 Å². The molecule has 0 radical (unpaired) electrons. The van der Waals surface area contributed by atoms with E-state index in [0.29, 0.717) is 6.54 Å². The highest BCUT2D eigenvalue weighted by molar-refractivity contribution is 5.39. The lowest BCUT2D eigenvalue weighted by Gasteiger charge is -2.07. The van der Waals surface area contributed by atoms with Crippen molar-refractivity contribution in [2.75, 3.05) is 6.54 Å². The van der Waals surface area contributed by atoms with Crippen LogP contribution in [0.1, 0.15) is 23.9 Å². The van der Waals surface area contributed by atoms with Crippen molar-refractivity contribution >= 4 is 0 Å². The normalized spacial score (nSPS) is 10.8. The summed E-state index contributed by atoms with van der Waals surface area (Å²) in [4.78, 5) is 0. The summed E-state index contributed by atoms with van der Waals surface area (Å²) in [7, 11) is 0. The van der Waals surface area contributed by atoms with Gasteiger partial charge in [0.1, 0.15) is 0 Å². The summed E-state index contributed by atoms with van der Waals surface area (Å²) in [5.74, 6) is 0.829. The second kappa shape index (κ2) is 5.05. The van der Waals surface area contributed by atoms with Crippen molar-refractivity contribution in [1.29, 1.82) is 0 Å². The van der Waals surface area contributed by atoms with Crippen LogP contribution in [-0.4, -0.2) is 26.8 Å². The van der Waals surface area contributed by atoms with E-state index in [1.165, 1.54) is 11.1 Å². The van der Waals surface area contributed by atoms with Crippen molar-refractivity contribution in [1.82, 2.24) is 25.5 Å².